The van der Waals surface area contributed by atoms with Gasteiger partial charge in [0.05, 0.1) is 32.0 Å². The molecule has 3 aromatic rings. The van der Waals surface area contributed by atoms with Crippen LogP contribution >= 0.6 is 0 Å². The van der Waals surface area contributed by atoms with Crippen LogP contribution in [0.25, 0.3) is 0 Å². The number of aliphatic hydroxyl groups is 2. The number of nitrogens with one attached hydrogen (secondary N) is 1. The van der Waals surface area contributed by atoms with E-state index in [4.69, 9.17) is 9.47 Å². The molecule has 0 aliphatic carbocycles. The zero-order valence-electron chi connectivity index (χ0n) is 22.8. The fourth-order valence-corrected chi connectivity index (χ4v) is 5.69. The van der Waals surface area contributed by atoms with E-state index in [0.717, 1.165) is 48.8 Å². The smallest absolute Gasteiger partial charge is 0.201 e. The maximum Gasteiger partial charge on any atom is 0.201 e. The van der Waals surface area contributed by atoms with Crippen LogP contribution in [0.3, 0.4) is 0 Å². The van der Waals surface area contributed by atoms with Gasteiger partial charge in [0.2, 0.25) is 5.75 Å². The van der Waals surface area contributed by atoms with Crippen molar-refractivity contribution in [3.05, 3.63) is 70.0 Å². The highest BCUT2D eigenvalue weighted by molar-refractivity contribution is 5.64. The van der Waals surface area contributed by atoms with Crippen molar-refractivity contribution in [2.24, 2.45) is 0 Å². The number of aromatic nitrogens is 1. The molecule has 4 rings (SSSR count). The number of unbranched alkanes of at least 4 members (excludes halogenated alkanes) is 2. The fraction of sp³-hybridized carbons (Fsp3) is 0.484. The van der Waals surface area contributed by atoms with E-state index in [2.05, 4.69) is 18.0 Å². The molecular formula is C31H41NO7. The van der Waals surface area contributed by atoms with Crippen LogP contribution in [0.5, 0.6) is 23.0 Å². The molecular weight excluding hydrogens is 498 g/mol. The number of aromatic amines is 1. The number of phenolic OH excluding ortho intramolecular Hbond substituents is 2. The molecule has 0 saturated carbocycles. The van der Waals surface area contributed by atoms with Crippen molar-refractivity contribution in [2.75, 3.05) is 7.11 Å². The molecule has 0 amide bonds. The third-order valence-corrected chi connectivity index (χ3v) is 7.70. The Morgan fingerprint density at radius 3 is 2.51 bits per heavy atom. The van der Waals surface area contributed by atoms with Crippen molar-refractivity contribution in [3.8, 4) is 23.0 Å². The minimum atomic E-state index is -0.633. The molecule has 3 atom stereocenters. The number of aryl methyl sites for hydroxylation is 2. The summed E-state index contributed by atoms with van der Waals surface area (Å²) in [6.07, 6.45) is 8.77. The van der Waals surface area contributed by atoms with Gasteiger partial charge in [0, 0.05) is 36.4 Å². The molecule has 1 fully saturated rings. The third-order valence-electron chi connectivity index (χ3n) is 7.70. The van der Waals surface area contributed by atoms with Gasteiger partial charge in [-0.2, -0.15) is 0 Å². The predicted octanol–water partition coefficient (Wildman–Crippen LogP) is 5.17. The first-order chi connectivity index (χ1) is 18.9. The lowest BCUT2D eigenvalue weighted by Gasteiger charge is -2.36. The molecule has 39 heavy (non-hydrogen) atoms. The Balaban J connectivity index is 1.59. The van der Waals surface area contributed by atoms with Gasteiger partial charge in [0.25, 0.3) is 0 Å². The highest BCUT2D eigenvalue weighted by Crippen LogP contribution is 2.49. The van der Waals surface area contributed by atoms with Gasteiger partial charge in [0.1, 0.15) is 5.75 Å². The van der Waals surface area contributed by atoms with Crippen LogP contribution in [-0.2, 0) is 30.6 Å². The summed E-state index contributed by atoms with van der Waals surface area (Å²) in [7, 11) is 1.42. The number of aliphatic hydroxyl groups excluding tert-OH is 2. The highest BCUT2D eigenvalue weighted by atomic mass is 16.5. The molecule has 212 valence electrons. The van der Waals surface area contributed by atoms with Crippen LogP contribution in [0.2, 0.25) is 0 Å². The lowest BCUT2D eigenvalue weighted by atomic mass is 9.86. The van der Waals surface area contributed by atoms with Gasteiger partial charge in [-0.05, 0) is 66.5 Å². The lowest BCUT2D eigenvalue weighted by molar-refractivity contribution is -0.101. The van der Waals surface area contributed by atoms with Crippen molar-refractivity contribution in [1.82, 2.24) is 4.98 Å². The maximum atomic E-state index is 10.8. The number of hydrogen-bond acceptors (Lipinski definition) is 7. The number of aromatic hydroxyl groups is 3. The molecule has 6 N–H and O–H groups in total. The Labute approximate surface area is 229 Å². The maximum absolute atomic E-state index is 10.8. The van der Waals surface area contributed by atoms with Crippen LogP contribution in [0.15, 0.2) is 36.7 Å². The summed E-state index contributed by atoms with van der Waals surface area (Å²) in [6, 6.07) is 7.64. The number of benzene rings is 2. The van der Waals surface area contributed by atoms with Crippen LogP contribution in [0.4, 0.5) is 0 Å². The molecule has 1 aromatic heterocycles. The van der Waals surface area contributed by atoms with Crippen molar-refractivity contribution in [1.29, 1.82) is 0 Å². The topological polar surface area (TPSA) is 135 Å². The van der Waals surface area contributed by atoms with E-state index < -0.39 is 30.3 Å². The average molecular weight is 540 g/mol. The summed E-state index contributed by atoms with van der Waals surface area (Å²) >= 11 is 0. The van der Waals surface area contributed by atoms with Gasteiger partial charge in [-0.1, -0.05) is 31.9 Å². The summed E-state index contributed by atoms with van der Waals surface area (Å²) in [5, 5.41) is 52.7. The van der Waals surface area contributed by atoms with Gasteiger partial charge in [0.15, 0.2) is 11.5 Å². The SMILES string of the molecule is CCCCCc1cc(CCC2CC(O)CC(c3c(CO)c(O)c(O)c(OC)c3Cc3cc[nH]c3)O2)ccc1O. The number of rotatable bonds is 12. The minimum absolute atomic E-state index is 0.126. The molecule has 0 radical (unpaired) electrons. The van der Waals surface area contributed by atoms with Gasteiger partial charge < -0.3 is 40.0 Å². The van der Waals surface area contributed by atoms with Gasteiger partial charge in [-0.3, -0.25) is 0 Å². The average Bonchev–Trinajstić information content (AvgIpc) is 3.44. The quantitative estimate of drug-likeness (QED) is 0.138. The molecule has 1 aliphatic rings. The van der Waals surface area contributed by atoms with Crippen LogP contribution < -0.4 is 4.74 Å². The second-order valence-electron chi connectivity index (χ2n) is 10.5. The highest BCUT2D eigenvalue weighted by Gasteiger charge is 2.35. The Kier molecular flexibility index (Phi) is 9.78. The minimum Gasteiger partial charge on any atom is -0.508 e. The van der Waals surface area contributed by atoms with E-state index in [9.17, 15) is 25.5 Å². The molecule has 2 heterocycles. The van der Waals surface area contributed by atoms with Gasteiger partial charge in [-0.15, -0.1) is 0 Å². The first-order valence-electron chi connectivity index (χ1n) is 13.9. The Morgan fingerprint density at radius 2 is 1.82 bits per heavy atom. The number of methoxy groups -OCH3 is 1. The first kappa shape index (κ1) is 28.8. The largest absolute Gasteiger partial charge is 0.508 e. The Bertz CT molecular complexity index is 1220. The number of phenols is 3. The zero-order valence-corrected chi connectivity index (χ0v) is 22.8. The summed E-state index contributed by atoms with van der Waals surface area (Å²) in [4.78, 5) is 3.02. The summed E-state index contributed by atoms with van der Waals surface area (Å²) < 4.78 is 12.0. The normalized spacial score (nSPS) is 19.3. The summed E-state index contributed by atoms with van der Waals surface area (Å²) in [6.45, 7) is 1.65. The van der Waals surface area contributed by atoms with Crippen LogP contribution in [0.1, 0.15) is 84.9 Å². The molecule has 1 aliphatic heterocycles. The third kappa shape index (κ3) is 6.69. The van der Waals surface area contributed by atoms with E-state index >= 15 is 0 Å². The molecule has 0 spiro atoms. The standard InChI is InChI=1S/C31H41NO7/c1-3-4-5-6-21-13-19(8-10-26(21)35)7-9-23-15-22(34)16-27(39-23)28-24(14-20-11-12-32-17-20)31(38-2)30(37)29(36)25(28)18-33/h8,10-13,17,22-23,27,32-37H,3-7,9,14-16,18H2,1-2H3. The van der Waals surface area contributed by atoms with Crippen LogP contribution in [-0.4, -0.2) is 49.8 Å². The van der Waals surface area contributed by atoms with E-state index in [-0.39, 0.29) is 23.8 Å². The molecule has 3 unspecified atom stereocenters. The van der Waals surface area contributed by atoms with E-state index in [1.807, 2.05) is 18.3 Å². The zero-order chi connectivity index (χ0) is 27.9. The molecule has 8 heteroatoms. The Hall–Kier alpha value is -3.20. The lowest BCUT2D eigenvalue weighted by Crippen LogP contribution is -2.32. The molecule has 2 aromatic carbocycles. The first-order valence-corrected chi connectivity index (χ1v) is 13.9. The second-order valence-corrected chi connectivity index (χ2v) is 10.5. The van der Waals surface area contributed by atoms with Gasteiger partial charge >= 0.3 is 0 Å². The van der Waals surface area contributed by atoms with Crippen molar-refractivity contribution in [2.45, 2.75) is 89.6 Å². The molecule has 8 nitrogen and oxygen atoms in total. The van der Waals surface area contributed by atoms with E-state index in [1.54, 1.807) is 12.3 Å². The summed E-state index contributed by atoms with van der Waals surface area (Å²) in [5.74, 6) is -0.416. The van der Waals surface area contributed by atoms with Crippen molar-refractivity contribution in [3.63, 3.8) is 0 Å². The fourth-order valence-electron chi connectivity index (χ4n) is 5.69. The number of hydrogen-bond donors (Lipinski definition) is 6. The summed E-state index contributed by atoms with van der Waals surface area (Å²) in [5.41, 5.74) is 4.30. The molecule has 1 saturated heterocycles. The number of ether oxygens (including phenoxy) is 2. The second kappa shape index (κ2) is 13.2. The van der Waals surface area contributed by atoms with Crippen molar-refractivity contribution < 1.29 is 35.0 Å². The molecule has 0 bridgehead atoms. The van der Waals surface area contributed by atoms with Gasteiger partial charge in [-0.25, -0.2) is 0 Å². The van der Waals surface area contributed by atoms with E-state index in [0.29, 0.717) is 36.1 Å². The Morgan fingerprint density at radius 1 is 1.00 bits per heavy atom. The van der Waals surface area contributed by atoms with Crippen LogP contribution in [0, 0.1) is 0 Å². The number of H-pyrrole nitrogens is 1. The predicted molar refractivity (Wildman–Crippen MR) is 148 cm³/mol. The monoisotopic (exact) mass is 539 g/mol. The van der Waals surface area contributed by atoms with Crippen molar-refractivity contribution >= 4 is 0 Å². The van der Waals surface area contributed by atoms with E-state index in [1.165, 1.54) is 7.11 Å².